The van der Waals surface area contributed by atoms with Crippen molar-refractivity contribution in [2.45, 2.75) is 13.8 Å². The molecule has 0 bridgehead atoms. The average Bonchev–Trinajstić information content (AvgIpc) is 2.60. The van der Waals surface area contributed by atoms with E-state index in [2.05, 4.69) is 10.6 Å². The van der Waals surface area contributed by atoms with Crippen LogP contribution in [0.2, 0.25) is 0 Å². The molecule has 1 aromatic carbocycles. The van der Waals surface area contributed by atoms with Crippen LogP contribution in [-0.2, 0) is 14.3 Å². The van der Waals surface area contributed by atoms with Gasteiger partial charge in [0.15, 0.2) is 0 Å². The number of hydrogen-bond donors (Lipinski definition) is 2. The van der Waals surface area contributed by atoms with Gasteiger partial charge in [0.05, 0.1) is 13.2 Å². The van der Waals surface area contributed by atoms with Gasteiger partial charge in [-0.2, -0.15) is 0 Å². The van der Waals surface area contributed by atoms with Gasteiger partial charge in [0, 0.05) is 44.5 Å². The molecule has 3 amide bonds. The van der Waals surface area contributed by atoms with Crippen LogP contribution in [-0.4, -0.2) is 67.0 Å². The molecule has 25 heavy (non-hydrogen) atoms. The molecule has 1 aliphatic heterocycles. The average molecular weight is 348 g/mol. The van der Waals surface area contributed by atoms with E-state index in [4.69, 9.17) is 4.74 Å². The van der Waals surface area contributed by atoms with Crippen LogP contribution in [0.5, 0.6) is 0 Å². The largest absolute Gasteiger partial charge is 0.450 e. The van der Waals surface area contributed by atoms with E-state index in [-0.39, 0.29) is 24.5 Å². The van der Waals surface area contributed by atoms with E-state index in [1.165, 1.54) is 6.92 Å². The topological polar surface area (TPSA) is 91.0 Å². The van der Waals surface area contributed by atoms with Crippen molar-refractivity contribution in [2.24, 2.45) is 0 Å². The number of nitrogens with one attached hydrogen (secondary N) is 2. The molecule has 0 aliphatic carbocycles. The van der Waals surface area contributed by atoms with Crippen LogP contribution in [0.3, 0.4) is 0 Å². The summed E-state index contributed by atoms with van der Waals surface area (Å²) in [6, 6.07) is 7.18. The number of ether oxygens (including phenoxy) is 1. The maximum absolute atomic E-state index is 12.3. The first-order valence-corrected chi connectivity index (χ1v) is 8.30. The SMILES string of the molecule is CCOC(=O)N1CCN(C(=O)CNc2cccc(NC(C)=O)c2)CC1. The van der Waals surface area contributed by atoms with Crippen molar-refractivity contribution in [1.82, 2.24) is 9.80 Å². The molecular formula is C17H24N4O4. The lowest BCUT2D eigenvalue weighted by Gasteiger charge is -2.34. The van der Waals surface area contributed by atoms with E-state index < -0.39 is 0 Å². The maximum Gasteiger partial charge on any atom is 0.409 e. The fraction of sp³-hybridized carbons (Fsp3) is 0.471. The minimum Gasteiger partial charge on any atom is -0.450 e. The highest BCUT2D eigenvalue weighted by molar-refractivity contribution is 5.89. The number of carbonyl (C=O) groups is 3. The summed E-state index contributed by atoms with van der Waals surface area (Å²) in [5.74, 6) is -0.180. The van der Waals surface area contributed by atoms with Crippen LogP contribution in [0, 0.1) is 0 Å². The molecule has 8 nitrogen and oxygen atoms in total. The molecule has 136 valence electrons. The number of carbonyl (C=O) groups excluding carboxylic acids is 3. The Kier molecular flexibility index (Phi) is 6.62. The molecule has 0 spiro atoms. The third-order valence-corrected chi connectivity index (χ3v) is 3.79. The minimum absolute atomic E-state index is 0.0339. The first kappa shape index (κ1) is 18.6. The zero-order valence-corrected chi connectivity index (χ0v) is 14.6. The van der Waals surface area contributed by atoms with E-state index in [1.54, 1.807) is 34.9 Å². The number of hydrogen-bond acceptors (Lipinski definition) is 5. The molecule has 0 aromatic heterocycles. The summed E-state index contributed by atoms with van der Waals surface area (Å²) in [6.07, 6.45) is -0.331. The second-order valence-corrected chi connectivity index (χ2v) is 5.68. The van der Waals surface area contributed by atoms with Crippen molar-refractivity contribution in [3.8, 4) is 0 Å². The molecule has 1 aromatic rings. The van der Waals surface area contributed by atoms with Gasteiger partial charge in [-0.25, -0.2) is 4.79 Å². The summed E-state index contributed by atoms with van der Waals surface area (Å²) < 4.78 is 4.96. The molecule has 1 heterocycles. The van der Waals surface area contributed by atoms with Crippen molar-refractivity contribution in [1.29, 1.82) is 0 Å². The number of nitrogens with zero attached hydrogens (tertiary/aromatic N) is 2. The lowest BCUT2D eigenvalue weighted by atomic mass is 10.2. The van der Waals surface area contributed by atoms with Gasteiger partial charge >= 0.3 is 6.09 Å². The van der Waals surface area contributed by atoms with E-state index in [1.807, 2.05) is 6.07 Å². The van der Waals surface area contributed by atoms with E-state index in [0.29, 0.717) is 38.5 Å². The van der Waals surface area contributed by atoms with Crippen molar-refractivity contribution >= 4 is 29.3 Å². The Morgan fingerprint density at radius 1 is 1.08 bits per heavy atom. The summed E-state index contributed by atoms with van der Waals surface area (Å²) >= 11 is 0. The van der Waals surface area contributed by atoms with E-state index >= 15 is 0 Å². The number of amides is 3. The predicted molar refractivity (Wildman–Crippen MR) is 94.4 cm³/mol. The van der Waals surface area contributed by atoms with Crippen LogP contribution in [0.1, 0.15) is 13.8 Å². The molecule has 0 saturated carbocycles. The first-order valence-electron chi connectivity index (χ1n) is 8.30. The number of rotatable bonds is 5. The van der Waals surface area contributed by atoms with Crippen LogP contribution >= 0.6 is 0 Å². The van der Waals surface area contributed by atoms with Gasteiger partial charge < -0.3 is 25.2 Å². The maximum atomic E-state index is 12.3. The molecular weight excluding hydrogens is 324 g/mol. The van der Waals surface area contributed by atoms with Crippen molar-refractivity contribution < 1.29 is 19.1 Å². The Bertz CT molecular complexity index is 627. The molecule has 1 fully saturated rings. The zero-order chi connectivity index (χ0) is 18.2. The summed E-state index contributed by atoms with van der Waals surface area (Å²) in [4.78, 5) is 38.4. The lowest BCUT2D eigenvalue weighted by Crippen LogP contribution is -2.51. The van der Waals surface area contributed by atoms with Crippen molar-refractivity contribution in [3.63, 3.8) is 0 Å². The van der Waals surface area contributed by atoms with Gasteiger partial charge in [0.25, 0.3) is 0 Å². The highest BCUT2D eigenvalue weighted by Crippen LogP contribution is 2.15. The molecule has 2 rings (SSSR count). The summed E-state index contributed by atoms with van der Waals surface area (Å²) in [5.41, 5.74) is 1.43. The van der Waals surface area contributed by atoms with Gasteiger partial charge in [0.2, 0.25) is 11.8 Å². The Labute approximate surface area is 147 Å². The van der Waals surface area contributed by atoms with Crippen molar-refractivity contribution in [2.75, 3.05) is 50.0 Å². The van der Waals surface area contributed by atoms with Crippen molar-refractivity contribution in [3.05, 3.63) is 24.3 Å². The highest BCUT2D eigenvalue weighted by atomic mass is 16.6. The standard InChI is InChI=1S/C17H24N4O4/c1-3-25-17(24)21-9-7-20(8-10-21)16(23)12-18-14-5-4-6-15(11-14)19-13(2)22/h4-6,11,18H,3,7-10,12H2,1-2H3,(H,19,22). The molecule has 8 heteroatoms. The number of benzene rings is 1. The van der Waals surface area contributed by atoms with Gasteiger partial charge in [-0.3, -0.25) is 9.59 Å². The third kappa shape index (κ3) is 5.66. The predicted octanol–water partition coefficient (Wildman–Crippen LogP) is 1.36. The summed E-state index contributed by atoms with van der Waals surface area (Å²) in [5, 5.41) is 5.76. The van der Waals surface area contributed by atoms with Crippen LogP contribution < -0.4 is 10.6 Å². The summed E-state index contributed by atoms with van der Waals surface area (Å²) in [7, 11) is 0. The fourth-order valence-corrected chi connectivity index (χ4v) is 2.55. The molecule has 0 unspecified atom stereocenters. The summed E-state index contributed by atoms with van der Waals surface area (Å²) in [6.45, 7) is 5.65. The Balaban J connectivity index is 1.79. The van der Waals surface area contributed by atoms with Gasteiger partial charge in [-0.1, -0.05) is 6.07 Å². The highest BCUT2D eigenvalue weighted by Gasteiger charge is 2.24. The third-order valence-electron chi connectivity index (χ3n) is 3.79. The lowest BCUT2D eigenvalue weighted by molar-refractivity contribution is -0.130. The Morgan fingerprint density at radius 2 is 1.72 bits per heavy atom. The van der Waals surface area contributed by atoms with Gasteiger partial charge in [0.1, 0.15) is 0 Å². The molecule has 1 saturated heterocycles. The van der Waals surface area contributed by atoms with Crippen LogP contribution in [0.15, 0.2) is 24.3 Å². The molecule has 0 radical (unpaired) electrons. The molecule has 2 N–H and O–H groups in total. The monoisotopic (exact) mass is 348 g/mol. The second kappa shape index (κ2) is 8.91. The number of anilines is 2. The Morgan fingerprint density at radius 3 is 2.36 bits per heavy atom. The van der Waals surface area contributed by atoms with Crippen LogP contribution in [0.25, 0.3) is 0 Å². The Hall–Kier alpha value is -2.77. The fourth-order valence-electron chi connectivity index (χ4n) is 2.55. The van der Waals surface area contributed by atoms with E-state index in [9.17, 15) is 14.4 Å². The molecule has 0 atom stereocenters. The first-order chi connectivity index (χ1) is 12.0. The quantitative estimate of drug-likeness (QED) is 0.838. The van der Waals surface area contributed by atoms with Gasteiger partial charge in [-0.15, -0.1) is 0 Å². The second-order valence-electron chi connectivity index (χ2n) is 5.68. The van der Waals surface area contributed by atoms with Gasteiger partial charge in [-0.05, 0) is 25.1 Å². The number of piperazine rings is 1. The van der Waals surface area contributed by atoms with E-state index in [0.717, 1.165) is 5.69 Å². The molecule has 1 aliphatic rings. The van der Waals surface area contributed by atoms with Crippen LogP contribution in [0.4, 0.5) is 16.2 Å². The smallest absolute Gasteiger partial charge is 0.409 e. The zero-order valence-electron chi connectivity index (χ0n) is 14.6. The minimum atomic E-state index is -0.331. The normalized spacial score (nSPS) is 14.0.